The Bertz CT molecular complexity index is 1450. The Morgan fingerprint density at radius 3 is 2.82 bits per heavy atom. The van der Waals surface area contributed by atoms with E-state index in [1.807, 2.05) is 49.4 Å². The number of pyridine rings is 1. The van der Waals surface area contributed by atoms with Gasteiger partial charge in [-0.3, -0.25) is 14.7 Å². The summed E-state index contributed by atoms with van der Waals surface area (Å²) in [6, 6.07) is 16.1. The molecular weight excluding hydrogens is 426 g/mol. The van der Waals surface area contributed by atoms with Gasteiger partial charge in [0.15, 0.2) is 5.76 Å². The molecule has 0 saturated heterocycles. The molecule has 0 amide bonds. The molecule has 0 atom stereocenters. The molecule has 0 aliphatic carbocycles. The molecule has 0 unspecified atom stereocenters. The number of aromatic nitrogens is 2. The molecule has 6 rings (SSSR count). The third kappa shape index (κ3) is 3.38. The Kier molecular flexibility index (Phi) is 4.96. The first-order valence-corrected chi connectivity index (χ1v) is 11.6. The molecule has 0 saturated carbocycles. The first-order chi connectivity index (χ1) is 16.6. The molecule has 4 heterocycles. The van der Waals surface area contributed by atoms with Crippen LogP contribution in [0.1, 0.15) is 39.7 Å². The minimum absolute atomic E-state index is 0.0783. The lowest BCUT2D eigenvalue weighted by Crippen LogP contribution is -2.32. The van der Waals surface area contributed by atoms with Crippen molar-refractivity contribution >= 4 is 22.8 Å². The van der Waals surface area contributed by atoms with Crippen LogP contribution in [0, 0.1) is 6.92 Å². The summed E-state index contributed by atoms with van der Waals surface area (Å²) in [7, 11) is 0. The van der Waals surface area contributed by atoms with Crippen molar-refractivity contribution in [3.05, 3.63) is 94.6 Å². The van der Waals surface area contributed by atoms with Crippen LogP contribution in [-0.2, 0) is 19.6 Å². The number of hydrogen-bond acceptors (Lipinski definition) is 5. The average Bonchev–Trinajstić information content (AvgIpc) is 3.38. The van der Waals surface area contributed by atoms with Gasteiger partial charge in [0.25, 0.3) is 0 Å². The second-order valence-corrected chi connectivity index (χ2v) is 8.78. The largest absolute Gasteiger partial charge is 0.478 e. The summed E-state index contributed by atoms with van der Waals surface area (Å²) >= 11 is 0. The molecule has 0 radical (unpaired) electrons. The van der Waals surface area contributed by atoms with Gasteiger partial charge in [-0.25, -0.2) is 0 Å². The van der Waals surface area contributed by atoms with Crippen molar-refractivity contribution in [1.82, 2.24) is 14.5 Å². The number of carbonyl (C=O) groups is 1. The smallest absolute Gasteiger partial charge is 0.232 e. The van der Waals surface area contributed by atoms with Crippen LogP contribution >= 0.6 is 0 Å². The molecule has 0 spiro atoms. The van der Waals surface area contributed by atoms with Crippen molar-refractivity contribution in [2.75, 3.05) is 6.73 Å². The quantitative estimate of drug-likeness (QED) is 0.393. The van der Waals surface area contributed by atoms with Gasteiger partial charge in [-0.15, -0.1) is 0 Å². The number of ether oxygens (including phenoxy) is 2. The van der Waals surface area contributed by atoms with Gasteiger partial charge in [-0.1, -0.05) is 24.3 Å². The van der Waals surface area contributed by atoms with Crippen LogP contribution < -0.4 is 9.47 Å². The Labute approximate surface area is 198 Å². The van der Waals surface area contributed by atoms with E-state index in [9.17, 15) is 4.79 Å². The van der Waals surface area contributed by atoms with E-state index in [-0.39, 0.29) is 5.78 Å². The van der Waals surface area contributed by atoms with Gasteiger partial charge in [0.2, 0.25) is 5.78 Å². The molecule has 4 aromatic rings. The maximum atomic E-state index is 13.4. The fourth-order valence-electron chi connectivity index (χ4n) is 4.89. The summed E-state index contributed by atoms with van der Waals surface area (Å²) in [4.78, 5) is 20.0. The predicted molar refractivity (Wildman–Crippen MR) is 131 cm³/mol. The first kappa shape index (κ1) is 20.7. The molecule has 0 N–H and O–H groups in total. The predicted octanol–water partition coefficient (Wildman–Crippen LogP) is 5.33. The average molecular weight is 452 g/mol. The second kappa shape index (κ2) is 8.15. The Hall–Kier alpha value is -3.90. The van der Waals surface area contributed by atoms with Crippen LogP contribution in [0.3, 0.4) is 0 Å². The number of fused-ring (bicyclic) bond motifs is 4. The molecular formula is C28H25N3O3. The Morgan fingerprint density at radius 1 is 1.15 bits per heavy atom. The fraction of sp³-hybridized carbons (Fsp3) is 0.214. The third-order valence-electron chi connectivity index (χ3n) is 6.55. The molecule has 0 bridgehead atoms. The van der Waals surface area contributed by atoms with Crippen LogP contribution in [-0.4, -0.2) is 27.0 Å². The number of ketones is 1. The van der Waals surface area contributed by atoms with E-state index < -0.39 is 0 Å². The van der Waals surface area contributed by atoms with Crippen molar-refractivity contribution in [3.8, 4) is 11.5 Å². The zero-order valence-corrected chi connectivity index (χ0v) is 19.2. The van der Waals surface area contributed by atoms with Crippen molar-refractivity contribution in [2.24, 2.45) is 0 Å². The molecule has 6 heteroatoms. The highest BCUT2D eigenvalue weighted by molar-refractivity contribution is 6.16. The standard InChI is InChI=1S/C28H25N3O3/c1-3-31-14-19(21-9-4-5-10-23(21)31)13-25-27(32)26-18(2)12-24-22(28(26)34-25)16-30(17-33-24)15-20-8-6-7-11-29-20/h4-14H,3,15-17H2,1-2H3/b25-13-. The minimum Gasteiger partial charge on any atom is -0.478 e. The number of benzene rings is 2. The number of aryl methyl sites for hydroxylation is 2. The summed E-state index contributed by atoms with van der Waals surface area (Å²) in [6.07, 6.45) is 5.75. The summed E-state index contributed by atoms with van der Waals surface area (Å²) < 4.78 is 14.5. The summed E-state index contributed by atoms with van der Waals surface area (Å²) in [5, 5.41) is 1.10. The highest BCUT2D eigenvalue weighted by Crippen LogP contribution is 2.44. The highest BCUT2D eigenvalue weighted by atomic mass is 16.5. The van der Waals surface area contributed by atoms with Crippen LogP contribution in [0.25, 0.3) is 17.0 Å². The van der Waals surface area contributed by atoms with Crippen LogP contribution in [0.4, 0.5) is 0 Å². The minimum atomic E-state index is -0.0783. The van der Waals surface area contributed by atoms with Gasteiger partial charge in [-0.05, 0) is 49.8 Å². The number of nitrogens with zero attached hydrogens (tertiary/aromatic N) is 3. The molecule has 2 aliphatic rings. The SMILES string of the molecule is CCn1cc(/C=C2\Oc3c4c(cc(C)c3C2=O)OCN(Cc2ccccn2)C4)c2ccccc21. The maximum absolute atomic E-state index is 13.4. The van der Waals surface area contributed by atoms with Crippen molar-refractivity contribution < 1.29 is 14.3 Å². The van der Waals surface area contributed by atoms with Gasteiger partial charge in [0, 0.05) is 48.5 Å². The number of hydrogen-bond donors (Lipinski definition) is 0. The molecule has 170 valence electrons. The zero-order valence-electron chi connectivity index (χ0n) is 19.2. The van der Waals surface area contributed by atoms with Crippen LogP contribution in [0.5, 0.6) is 11.5 Å². The van der Waals surface area contributed by atoms with E-state index >= 15 is 0 Å². The monoisotopic (exact) mass is 451 g/mol. The van der Waals surface area contributed by atoms with Crippen LogP contribution in [0.2, 0.25) is 0 Å². The van der Waals surface area contributed by atoms with Crippen LogP contribution in [0.15, 0.2) is 66.7 Å². The fourth-order valence-corrected chi connectivity index (χ4v) is 4.89. The third-order valence-corrected chi connectivity index (χ3v) is 6.55. The Morgan fingerprint density at radius 2 is 2.00 bits per heavy atom. The lowest BCUT2D eigenvalue weighted by molar-refractivity contribution is 0.0861. The molecule has 2 aromatic carbocycles. The lowest BCUT2D eigenvalue weighted by Gasteiger charge is -2.29. The lowest BCUT2D eigenvalue weighted by atomic mass is 9.98. The number of rotatable bonds is 4. The summed E-state index contributed by atoms with van der Waals surface area (Å²) in [5.74, 6) is 1.68. The molecule has 0 fully saturated rings. The number of para-hydroxylation sites is 1. The number of allylic oxidation sites excluding steroid dienone is 1. The molecule has 34 heavy (non-hydrogen) atoms. The molecule has 6 nitrogen and oxygen atoms in total. The van der Waals surface area contributed by atoms with E-state index in [0.29, 0.717) is 36.9 Å². The van der Waals surface area contributed by atoms with Gasteiger partial charge >= 0.3 is 0 Å². The van der Waals surface area contributed by atoms with Crippen molar-refractivity contribution in [3.63, 3.8) is 0 Å². The van der Waals surface area contributed by atoms with Crippen molar-refractivity contribution in [1.29, 1.82) is 0 Å². The Balaban J connectivity index is 1.36. The summed E-state index contributed by atoms with van der Waals surface area (Å²) in [6.45, 7) is 6.67. The maximum Gasteiger partial charge on any atom is 0.232 e. The first-order valence-electron chi connectivity index (χ1n) is 11.6. The highest BCUT2D eigenvalue weighted by Gasteiger charge is 2.35. The van der Waals surface area contributed by atoms with E-state index in [1.165, 1.54) is 0 Å². The number of carbonyl (C=O) groups excluding carboxylic acids is 1. The van der Waals surface area contributed by atoms with E-state index in [4.69, 9.17) is 9.47 Å². The molecule has 2 aromatic heterocycles. The summed E-state index contributed by atoms with van der Waals surface area (Å²) in [5.41, 5.74) is 5.52. The van der Waals surface area contributed by atoms with Crippen molar-refractivity contribution in [2.45, 2.75) is 33.5 Å². The van der Waals surface area contributed by atoms with Gasteiger partial charge in [0.1, 0.15) is 18.2 Å². The second-order valence-electron chi connectivity index (χ2n) is 8.78. The van der Waals surface area contributed by atoms with E-state index in [2.05, 4.69) is 39.7 Å². The molecule has 2 aliphatic heterocycles. The van der Waals surface area contributed by atoms with Gasteiger partial charge < -0.3 is 14.0 Å². The number of Topliss-reactive ketones (excluding diaryl/α,β-unsaturated/α-hetero) is 1. The van der Waals surface area contributed by atoms with E-state index in [1.54, 1.807) is 6.20 Å². The normalized spacial score (nSPS) is 16.4. The van der Waals surface area contributed by atoms with Gasteiger partial charge in [-0.2, -0.15) is 0 Å². The zero-order chi connectivity index (χ0) is 23.2. The van der Waals surface area contributed by atoms with E-state index in [0.717, 1.165) is 45.6 Å². The van der Waals surface area contributed by atoms with Gasteiger partial charge in [0.05, 0.1) is 16.8 Å². The topological polar surface area (TPSA) is 56.6 Å².